The van der Waals surface area contributed by atoms with Crippen LogP contribution in [0.5, 0.6) is 28.7 Å². The van der Waals surface area contributed by atoms with Crippen LogP contribution in [0.3, 0.4) is 0 Å². The lowest BCUT2D eigenvalue weighted by Gasteiger charge is -2.22. The van der Waals surface area contributed by atoms with Crippen LogP contribution < -0.4 is 23.3 Å². The molecule has 11 heteroatoms. The topological polar surface area (TPSA) is 98.7 Å². The van der Waals surface area contributed by atoms with E-state index in [1.807, 2.05) is 93.6 Å². The quantitative estimate of drug-likeness (QED) is 0.149. The van der Waals surface area contributed by atoms with Crippen molar-refractivity contribution in [2.45, 2.75) is 48.5 Å². The summed E-state index contributed by atoms with van der Waals surface area (Å²) in [4.78, 5) is 0. The highest BCUT2D eigenvalue weighted by Gasteiger charge is 2.27. The number of aryl methyl sites for hydroxylation is 5. The average molecular weight is 803 g/mol. The molecule has 0 spiro atoms. The molecule has 9 nitrogen and oxygen atoms in total. The molecule has 1 unspecified atom stereocenters. The minimum Gasteiger partial charge on any atom is -0.493 e. The number of ether oxygens (including phenoxy) is 3. The van der Waals surface area contributed by atoms with Gasteiger partial charge in [-0.05, 0) is 106 Å². The first-order valence-electron chi connectivity index (χ1n) is 18.5. The van der Waals surface area contributed by atoms with E-state index in [-0.39, 0.29) is 0 Å². The minimum atomic E-state index is -2.12. The summed E-state index contributed by atoms with van der Waals surface area (Å²) in [5.41, 5.74) is 11.0. The van der Waals surface area contributed by atoms with Crippen LogP contribution in [0.2, 0.25) is 0 Å². The summed E-state index contributed by atoms with van der Waals surface area (Å²) < 4.78 is 58.2. The molecule has 0 fully saturated rings. The number of benzene rings is 6. The Labute approximate surface area is 332 Å². The van der Waals surface area contributed by atoms with Gasteiger partial charge in [-0.3, -0.25) is 0 Å². The molecule has 1 atom stereocenters. The predicted molar refractivity (Wildman–Crippen MR) is 229 cm³/mol. The molecular weight excluding hydrogens is 758 g/mol. The fourth-order valence-electron chi connectivity index (χ4n) is 7.46. The molecule has 57 heavy (non-hydrogen) atoms. The fraction of sp³-hybridized carbons (Fsp3) is 0.217. The predicted octanol–water partition coefficient (Wildman–Crippen LogP) is 14.4. The Morgan fingerprint density at radius 3 is 1.09 bits per heavy atom. The van der Waals surface area contributed by atoms with Crippen LogP contribution in [-0.4, -0.2) is 21.3 Å². The van der Waals surface area contributed by atoms with Gasteiger partial charge in [0.2, 0.25) is 0 Å². The zero-order valence-electron chi connectivity index (χ0n) is 33.7. The summed E-state index contributed by atoms with van der Waals surface area (Å²) in [7, 11) is 0.704. The van der Waals surface area contributed by atoms with E-state index in [2.05, 4.69) is 39.8 Å². The van der Waals surface area contributed by atoms with Crippen molar-refractivity contribution in [2.75, 3.05) is 21.3 Å². The molecule has 2 heterocycles. The van der Waals surface area contributed by atoms with Crippen molar-refractivity contribution in [1.82, 2.24) is 0 Å². The summed E-state index contributed by atoms with van der Waals surface area (Å²) in [5.74, 6) is 2.91. The Balaban J connectivity index is 1.40. The first-order chi connectivity index (χ1) is 27.5. The van der Waals surface area contributed by atoms with Crippen molar-refractivity contribution in [2.24, 2.45) is 0 Å². The fourth-order valence-corrected chi connectivity index (χ4v) is 9.85. The first kappa shape index (κ1) is 38.0. The molecule has 0 radical (unpaired) electrons. The number of para-hydroxylation sites is 4. The molecular formula is C46H44O9P2. The van der Waals surface area contributed by atoms with Crippen LogP contribution >= 0.6 is 16.5 Å². The van der Waals surface area contributed by atoms with Crippen LogP contribution in [0.25, 0.3) is 55.0 Å². The van der Waals surface area contributed by atoms with E-state index in [4.69, 9.17) is 40.0 Å². The summed E-state index contributed by atoms with van der Waals surface area (Å²) in [5, 5.41) is 3.37. The second kappa shape index (κ2) is 15.2. The van der Waals surface area contributed by atoms with E-state index in [0.29, 0.717) is 51.1 Å². The first-order valence-corrected chi connectivity index (χ1v) is 20.7. The van der Waals surface area contributed by atoms with Crippen LogP contribution in [0, 0.1) is 48.5 Å². The van der Waals surface area contributed by atoms with Gasteiger partial charge in [-0.25, -0.2) is 0 Å². The van der Waals surface area contributed by atoms with E-state index in [1.165, 1.54) is 0 Å². The maximum absolute atomic E-state index is 7.03. The van der Waals surface area contributed by atoms with Crippen molar-refractivity contribution in [1.29, 1.82) is 0 Å². The van der Waals surface area contributed by atoms with Crippen molar-refractivity contribution >= 4 is 60.4 Å². The zero-order chi connectivity index (χ0) is 40.1. The second-order valence-corrected chi connectivity index (χ2v) is 16.1. The summed E-state index contributed by atoms with van der Waals surface area (Å²) in [6.07, 6.45) is 0. The monoisotopic (exact) mass is 802 g/mol. The highest BCUT2D eigenvalue weighted by Crippen LogP contribution is 2.52. The normalized spacial score (nSPS) is 11.6. The summed E-state index contributed by atoms with van der Waals surface area (Å²) >= 11 is 0. The van der Waals surface area contributed by atoms with Gasteiger partial charge < -0.3 is 40.0 Å². The van der Waals surface area contributed by atoms with Crippen LogP contribution in [-0.2, 0) is 0 Å². The smallest absolute Gasteiger partial charge is 0.453 e. The van der Waals surface area contributed by atoms with Crippen molar-refractivity contribution < 1.29 is 40.0 Å². The van der Waals surface area contributed by atoms with E-state index in [1.54, 1.807) is 21.3 Å². The maximum Gasteiger partial charge on any atom is 0.453 e. The Morgan fingerprint density at radius 1 is 0.386 bits per heavy atom. The van der Waals surface area contributed by atoms with Gasteiger partial charge in [0.15, 0.2) is 34.0 Å². The molecule has 6 aromatic carbocycles. The third-order valence-electron chi connectivity index (χ3n) is 10.6. The Morgan fingerprint density at radius 2 is 0.719 bits per heavy atom. The molecule has 0 aliphatic heterocycles. The lowest BCUT2D eigenvalue weighted by atomic mass is 9.87. The Kier molecular flexibility index (Phi) is 10.2. The average Bonchev–Trinajstić information content (AvgIpc) is 3.47. The van der Waals surface area contributed by atoms with Crippen LogP contribution in [0.15, 0.2) is 102 Å². The van der Waals surface area contributed by atoms with Crippen LogP contribution in [0.4, 0.5) is 0 Å². The third kappa shape index (κ3) is 6.65. The molecule has 0 aliphatic rings. The standard InChI is InChI=1S/C46H44O9P2/c1-25-15-11-16-32-33-17-12-20-36(47-8)44(33)53-56(50-41(25)32)51-42-28(4)23-26(2)30(6)39(42)40-31(7)27(3)24-29(5)43(40)52-57-54-45-34(18-13-21-37(45)48-9)35-19-14-22-38(49-10)46(35)55-57/h11-24H,1-10H3. The molecule has 0 aliphatic carbocycles. The number of methoxy groups -OCH3 is 3. The Bertz CT molecular complexity index is 2900. The van der Waals surface area contributed by atoms with E-state index in [9.17, 15) is 0 Å². The van der Waals surface area contributed by atoms with Gasteiger partial charge in [0.05, 0.1) is 21.3 Å². The van der Waals surface area contributed by atoms with Gasteiger partial charge in [-0.2, -0.15) is 0 Å². The number of fused-ring (bicyclic) bond motifs is 6. The maximum atomic E-state index is 7.03. The van der Waals surface area contributed by atoms with E-state index in [0.717, 1.165) is 71.6 Å². The van der Waals surface area contributed by atoms with E-state index >= 15 is 0 Å². The highest BCUT2D eigenvalue weighted by molar-refractivity contribution is 7.32. The van der Waals surface area contributed by atoms with Crippen LogP contribution in [0.1, 0.15) is 38.9 Å². The molecule has 0 bridgehead atoms. The van der Waals surface area contributed by atoms with Gasteiger partial charge in [0, 0.05) is 32.7 Å². The van der Waals surface area contributed by atoms with Crippen molar-refractivity contribution in [3.63, 3.8) is 0 Å². The molecule has 0 saturated heterocycles. The molecule has 2 aromatic heterocycles. The molecule has 292 valence electrons. The molecule has 0 N–H and O–H groups in total. The van der Waals surface area contributed by atoms with Gasteiger partial charge in [-0.15, -0.1) is 0 Å². The SMILES string of the molecule is COc1cccc2c1op(Oc1c(C)cc(C)c(C)c1-c1c(C)c(C)cc(C)c1Op1oc3c(OC)cccc3c3cccc(OC)c3o1)oc1c(C)cccc12. The number of rotatable bonds is 8. The molecule has 8 aromatic rings. The largest absolute Gasteiger partial charge is 0.493 e. The summed E-state index contributed by atoms with van der Waals surface area (Å²) in [6, 6.07) is 27.7. The Hall–Kier alpha value is -5.88. The van der Waals surface area contributed by atoms with Crippen molar-refractivity contribution in [3.8, 4) is 39.9 Å². The van der Waals surface area contributed by atoms with Gasteiger partial charge in [0.1, 0.15) is 17.1 Å². The molecule has 0 amide bonds. The second-order valence-electron chi connectivity index (χ2n) is 14.1. The van der Waals surface area contributed by atoms with Gasteiger partial charge in [-0.1, -0.05) is 66.7 Å². The number of hydrogen-bond donors (Lipinski definition) is 0. The lowest BCUT2D eigenvalue weighted by Crippen LogP contribution is -2.01. The third-order valence-corrected chi connectivity index (χ3v) is 12.6. The summed E-state index contributed by atoms with van der Waals surface area (Å²) in [6.45, 7) is 14.5. The minimum absolute atomic E-state index is 0.518. The molecule has 0 saturated carbocycles. The molecule has 8 rings (SSSR count). The zero-order valence-corrected chi connectivity index (χ0v) is 35.4. The van der Waals surface area contributed by atoms with E-state index < -0.39 is 16.5 Å². The highest BCUT2D eigenvalue weighted by atomic mass is 31.1. The van der Waals surface area contributed by atoms with Gasteiger partial charge >= 0.3 is 16.5 Å². The van der Waals surface area contributed by atoms with Gasteiger partial charge in [0.25, 0.3) is 0 Å². The lowest BCUT2D eigenvalue weighted by molar-refractivity contribution is 0.406. The van der Waals surface area contributed by atoms with Crippen molar-refractivity contribution in [3.05, 3.63) is 124 Å². The number of hydrogen-bond acceptors (Lipinski definition) is 9.